The molecule has 1 heterocycles. The Morgan fingerprint density at radius 2 is 1.90 bits per heavy atom. The third-order valence-electron chi connectivity index (χ3n) is 3.49. The number of benzene rings is 1. The molecule has 0 aliphatic rings. The number of nitrogens with zero attached hydrogens (tertiary/aromatic N) is 1. The summed E-state index contributed by atoms with van der Waals surface area (Å²) in [4.78, 5) is 1.78. The molecule has 0 bridgehead atoms. The van der Waals surface area contributed by atoms with Crippen molar-refractivity contribution in [1.82, 2.24) is 0 Å². The fourth-order valence-electron chi connectivity index (χ4n) is 2.31. The van der Waals surface area contributed by atoms with Crippen LogP contribution in [0.15, 0.2) is 24.3 Å². The Labute approximate surface area is 124 Å². The first kappa shape index (κ1) is 14.6. The number of thiophene rings is 1. The lowest BCUT2D eigenvalue weighted by molar-refractivity contribution is 0.867. The molecule has 2 aromatic rings. The monoisotopic (exact) mass is 284 g/mol. The largest absolute Gasteiger partial charge is 0.397 e. The summed E-state index contributed by atoms with van der Waals surface area (Å²) in [5.41, 5.74) is 10.4. The van der Waals surface area contributed by atoms with Crippen LogP contribution in [-0.2, 0) is 6.42 Å². The van der Waals surface area contributed by atoms with Crippen molar-refractivity contribution in [2.75, 3.05) is 5.73 Å². The average molecular weight is 284 g/mol. The summed E-state index contributed by atoms with van der Waals surface area (Å²) < 4.78 is 0. The van der Waals surface area contributed by atoms with Crippen molar-refractivity contribution in [3.8, 4) is 16.5 Å². The Morgan fingerprint density at radius 1 is 1.25 bits per heavy atom. The molecule has 20 heavy (non-hydrogen) atoms. The Bertz CT molecular complexity index is 630. The van der Waals surface area contributed by atoms with E-state index in [-0.39, 0.29) is 0 Å². The van der Waals surface area contributed by atoms with Gasteiger partial charge in [-0.15, -0.1) is 11.3 Å². The van der Waals surface area contributed by atoms with Crippen LogP contribution in [0.5, 0.6) is 0 Å². The van der Waals surface area contributed by atoms with E-state index in [2.05, 4.69) is 51.1 Å². The lowest BCUT2D eigenvalue weighted by atomic mass is 9.99. The Balaban J connectivity index is 2.49. The van der Waals surface area contributed by atoms with Crippen LogP contribution in [0.4, 0.5) is 5.69 Å². The minimum Gasteiger partial charge on any atom is -0.397 e. The van der Waals surface area contributed by atoms with E-state index in [0.29, 0.717) is 16.5 Å². The van der Waals surface area contributed by atoms with Gasteiger partial charge in [0.05, 0.1) is 5.69 Å². The molecule has 2 rings (SSSR count). The van der Waals surface area contributed by atoms with Crippen LogP contribution in [0.3, 0.4) is 0 Å². The minimum atomic E-state index is 0.530. The van der Waals surface area contributed by atoms with Gasteiger partial charge in [-0.25, -0.2) is 0 Å². The highest BCUT2D eigenvalue weighted by Gasteiger charge is 2.16. The summed E-state index contributed by atoms with van der Waals surface area (Å²) in [6, 6.07) is 10.8. The molecule has 2 nitrogen and oxygen atoms in total. The number of hydrogen-bond acceptors (Lipinski definition) is 3. The third kappa shape index (κ3) is 2.71. The van der Waals surface area contributed by atoms with Crippen LogP contribution >= 0.6 is 11.3 Å². The molecule has 0 saturated heterocycles. The summed E-state index contributed by atoms with van der Waals surface area (Å²) in [5, 5.41) is 9.17. The van der Waals surface area contributed by atoms with E-state index >= 15 is 0 Å². The molecule has 0 fully saturated rings. The van der Waals surface area contributed by atoms with Gasteiger partial charge in [-0.05, 0) is 29.0 Å². The molecule has 0 radical (unpaired) electrons. The van der Waals surface area contributed by atoms with Crippen LogP contribution in [0, 0.1) is 11.3 Å². The lowest BCUT2D eigenvalue weighted by Gasteiger charge is -2.08. The van der Waals surface area contributed by atoms with Gasteiger partial charge in [-0.3, -0.25) is 0 Å². The van der Waals surface area contributed by atoms with Gasteiger partial charge in [0.25, 0.3) is 0 Å². The number of hydrogen-bond donors (Lipinski definition) is 1. The second kappa shape index (κ2) is 6.11. The molecule has 0 spiro atoms. The second-order valence-corrected chi connectivity index (χ2v) is 6.31. The molecule has 0 atom stereocenters. The first-order valence-corrected chi connectivity index (χ1v) is 7.81. The van der Waals surface area contributed by atoms with Crippen LogP contribution in [0.2, 0.25) is 0 Å². The van der Waals surface area contributed by atoms with Crippen molar-refractivity contribution in [2.24, 2.45) is 0 Å². The lowest BCUT2D eigenvalue weighted by Crippen LogP contribution is -1.93. The van der Waals surface area contributed by atoms with Gasteiger partial charge in [-0.1, -0.05) is 51.5 Å². The van der Waals surface area contributed by atoms with Crippen LogP contribution in [0.25, 0.3) is 10.4 Å². The van der Waals surface area contributed by atoms with Crippen LogP contribution in [0.1, 0.15) is 49.1 Å². The van der Waals surface area contributed by atoms with E-state index < -0.39 is 0 Å². The molecule has 0 unspecified atom stereocenters. The number of anilines is 1. The Morgan fingerprint density at radius 3 is 2.40 bits per heavy atom. The summed E-state index contributed by atoms with van der Waals surface area (Å²) in [5.74, 6) is 0.530. The smallest absolute Gasteiger partial charge is 0.128 e. The fraction of sp³-hybridized carbons (Fsp3) is 0.353. The fourth-order valence-corrected chi connectivity index (χ4v) is 3.38. The summed E-state index contributed by atoms with van der Waals surface area (Å²) in [6.07, 6.45) is 1.95. The van der Waals surface area contributed by atoms with Gasteiger partial charge < -0.3 is 5.73 Å². The molecule has 1 aromatic carbocycles. The summed E-state index contributed by atoms with van der Waals surface area (Å²) in [7, 11) is 0. The van der Waals surface area contributed by atoms with E-state index in [0.717, 1.165) is 28.8 Å². The molecule has 0 amide bonds. The van der Waals surface area contributed by atoms with Gasteiger partial charge in [0.15, 0.2) is 0 Å². The zero-order valence-corrected chi connectivity index (χ0v) is 13.1. The zero-order valence-electron chi connectivity index (χ0n) is 12.2. The normalized spacial score (nSPS) is 10.8. The molecule has 1 aromatic heterocycles. The number of nitrogen functional groups attached to an aromatic ring is 1. The predicted molar refractivity (Wildman–Crippen MR) is 87.0 cm³/mol. The number of nitriles is 1. The van der Waals surface area contributed by atoms with E-state index in [1.807, 2.05) is 0 Å². The topological polar surface area (TPSA) is 49.8 Å². The predicted octanol–water partition coefficient (Wildman–Crippen LogP) is 4.94. The maximum atomic E-state index is 9.17. The Kier molecular flexibility index (Phi) is 4.46. The maximum Gasteiger partial charge on any atom is 0.128 e. The summed E-state index contributed by atoms with van der Waals surface area (Å²) >= 11 is 1.51. The number of nitrogens with two attached hydrogens (primary N) is 1. The molecular formula is C17H20N2S. The molecule has 3 heteroatoms. The van der Waals surface area contributed by atoms with E-state index in [1.54, 1.807) is 0 Å². The highest BCUT2D eigenvalue weighted by molar-refractivity contribution is 7.16. The highest BCUT2D eigenvalue weighted by Crippen LogP contribution is 2.39. The van der Waals surface area contributed by atoms with Crippen LogP contribution in [-0.4, -0.2) is 0 Å². The van der Waals surface area contributed by atoms with E-state index in [4.69, 9.17) is 11.0 Å². The van der Waals surface area contributed by atoms with Crippen LogP contribution < -0.4 is 5.73 Å². The SMILES string of the molecule is CCCc1c(-c2ccc(C(C)C)cc2)sc(C#N)c1N. The first-order chi connectivity index (χ1) is 9.58. The van der Waals surface area contributed by atoms with Crippen molar-refractivity contribution < 1.29 is 0 Å². The zero-order chi connectivity index (χ0) is 14.7. The summed E-state index contributed by atoms with van der Waals surface area (Å²) in [6.45, 7) is 6.51. The third-order valence-corrected chi connectivity index (χ3v) is 4.69. The maximum absolute atomic E-state index is 9.17. The van der Waals surface area contributed by atoms with Crippen molar-refractivity contribution in [2.45, 2.75) is 39.5 Å². The molecule has 2 N–H and O–H groups in total. The molecule has 0 aliphatic heterocycles. The molecular weight excluding hydrogens is 264 g/mol. The van der Waals surface area contributed by atoms with Gasteiger partial charge in [-0.2, -0.15) is 5.26 Å². The van der Waals surface area contributed by atoms with Gasteiger partial charge in [0.2, 0.25) is 0 Å². The van der Waals surface area contributed by atoms with E-state index in [1.165, 1.54) is 16.9 Å². The molecule has 0 aliphatic carbocycles. The average Bonchev–Trinajstić information content (AvgIpc) is 2.76. The first-order valence-electron chi connectivity index (χ1n) is 7.00. The minimum absolute atomic E-state index is 0.530. The van der Waals surface area contributed by atoms with Gasteiger partial charge >= 0.3 is 0 Å². The van der Waals surface area contributed by atoms with Crippen molar-refractivity contribution in [1.29, 1.82) is 5.26 Å². The molecule has 104 valence electrons. The number of rotatable bonds is 4. The standard InChI is InChI=1S/C17H20N2S/c1-4-5-14-16(19)15(10-18)20-17(14)13-8-6-12(7-9-13)11(2)3/h6-9,11H,4-5,19H2,1-3H3. The van der Waals surface area contributed by atoms with E-state index in [9.17, 15) is 0 Å². The van der Waals surface area contributed by atoms with Crippen molar-refractivity contribution >= 4 is 17.0 Å². The van der Waals surface area contributed by atoms with Crippen molar-refractivity contribution in [3.63, 3.8) is 0 Å². The molecule has 0 saturated carbocycles. The van der Waals surface area contributed by atoms with Gasteiger partial charge in [0.1, 0.15) is 10.9 Å². The van der Waals surface area contributed by atoms with Crippen molar-refractivity contribution in [3.05, 3.63) is 40.3 Å². The quantitative estimate of drug-likeness (QED) is 0.864. The second-order valence-electron chi connectivity index (χ2n) is 5.29. The Hall–Kier alpha value is -1.79. The van der Waals surface area contributed by atoms with Gasteiger partial charge in [0, 0.05) is 4.88 Å². The highest BCUT2D eigenvalue weighted by atomic mass is 32.1.